The summed E-state index contributed by atoms with van der Waals surface area (Å²) in [5.41, 5.74) is -0.688. The van der Waals surface area contributed by atoms with Crippen molar-refractivity contribution in [1.82, 2.24) is 20.0 Å². The monoisotopic (exact) mass is 450 g/mol. The highest BCUT2D eigenvalue weighted by atomic mass is 19.1. The number of piperazine rings is 1. The Morgan fingerprint density at radius 2 is 1.50 bits per heavy atom. The molecule has 0 radical (unpaired) electrons. The molecule has 0 aromatic heterocycles. The highest BCUT2D eigenvalue weighted by molar-refractivity contribution is 5.98. The van der Waals surface area contributed by atoms with Crippen LogP contribution in [0.5, 0.6) is 0 Å². The van der Waals surface area contributed by atoms with Crippen LogP contribution in [0.25, 0.3) is 0 Å². The number of carbonyl (C=O) groups is 3. The van der Waals surface area contributed by atoms with E-state index < -0.39 is 29.1 Å². The van der Waals surface area contributed by atoms with Gasteiger partial charge in [-0.05, 0) is 37.3 Å². The fourth-order valence-electron chi connectivity index (χ4n) is 4.20. The van der Waals surface area contributed by atoms with Crippen LogP contribution in [0.15, 0.2) is 18.2 Å². The molecule has 2 heterocycles. The lowest BCUT2D eigenvalue weighted by atomic mass is 10.0. The molecule has 176 valence electrons. The molecular formula is C23H32F2N4O3. The number of benzene rings is 1. The van der Waals surface area contributed by atoms with E-state index in [0.29, 0.717) is 32.7 Å². The van der Waals surface area contributed by atoms with Gasteiger partial charge in [-0.15, -0.1) is 0 Å². The molecule has 0 aliphatic carbocycles. The number of hydrogen-bond acceptors (Lipinski definition) is 4. The molecule has 1 unspecified atom stereocenters. The van der Waals surface area contributed by atoms with Crippen molar-refractivity contribution in [2.45, 2.75) is 39.2 Å². The minimum Gasteiger partial charge on any atom is -0.342 e. The topological polar surface area (TPSA) is 73.0 Å². The molecule has 32 heavy (non-hydrogen) atoms. The Morgan fingerprint density at radius 3 is 2.06 bits per heavy atom. The van der Waals surface area contributed by atoms with Crippen LogP contribution in [0.2, 0.25) is 0 Å². The summed E-state index contributed by atoms with van der Waals surface area (Å²) in [6.45, 7) is 7.50. The fourth-order valence-corrected chi connectivity index (χ4v) is 4.20. The molecule has 1 N–H and O–H groups in total. The molecule has 2 saturated heterocycles. The third-order valence-corrected chi connectivity index (χ3v) is 6.16. The van der Waals surface area contributed by atoms with Crippen molar-refractivity contribution in [3.63, 3.8) is 0 Å². The van der Waals surface area contributed by atoms with Gasteiger partial charge in [0.1, 0.15) is 23.2 Å². The van der Waals surface area contributed by atoms with Crippen LogP contribution in [0.3, 0.4) is 0 Å². The fraction of sp³-hybridized carbons (Fsp3) is 0.609. The standard InChI is InChI=1S/C23H32F2N4O3/c1-16(2)21(26-22(31)20-17(24)7-6-8-18(20)25)23(32)29-13-11-27(12-14-29)15-19(30)28-9-4-3-5-10-28/h6-8,16,21H,3-5,9-15H2,1-2H3,(H,26,31). The molecular weight excluding hydrogens is 418 g/mol. The van der Waals surface area contributed by atoms with Crippen LogP contribution in [0.4, 0.5) is 8.78 Å². The van der Waals surface area contributed by atoms with E-state index in [0.717, 1.165) is 38.1 Å². The minimum absolute atomic E-state index is 0.128. The van der Waals surface area contributed by atoms with E-state index in [1.54, 1.807) is 18.7 Å². The number of carbonyl (C=O) groups excluding carboxylic acids is 3. The van der Waals surface area contributed by atoms with Gasteiger partial charge in [0.15, 0.2) is 0 Å². The molecule has 2 aliphatic heterocycles. The Bertz CT molecular complexity index is 814. The molecule has 7 nitrogen and oxygen atoms in total. The Kier molecular flexibility index (Phi) is 8.17. The van der Waals surface area contributed by atoms with E-state index >= 15 is 0 Å². The van der Waals surface area contributed by atoms with Gasteiger partial charge in [0, 0.05) is 39.3 Å². The molecule has 1 aromatic rings. The van der Waals surface area contributed by atoms with Crippen LogP contribution in [0, 0.1) is 17.6 Å². The average Bonchev–Trinajstić information content (AvgIpc) is 2.78. The first-order valence-electron chi connectivity index (χ1n) is 11.3. The molecule has 3 amide bonds. The molecule has 2 aliphatic rings. The number of amides is 3. The van der Waals surface area contributed by atoms with Crippen molar-refractivity contribution in [3.05, 3.63) is 35.4 Å². The lowest BCUT2D eigenvalue weighted by Crippen LogP contribution is -2.57. The molecule has 0 bridgehead atoms. The number of likely N-dealkylation sites (tertiary alicyclic amines) is 1. The molecule has 2 fully saturated rings. The van der Waals surface area contributed by atoms with Crippen LogP contribution in [-0.4, -0.2) is 84.3 Å². The predicted octanol–water partition coefficient (Wildman–Crippen LogP) is 1.88. The van der Waals surface area contributed by atoms with Crippen LogP contribution in [-0.2, 0) is 9.59 Å². The van der Waals surface area contributed by atoms with Gasteiger partial charge in [0.25, 0.3) is 5.91 Å². The lowest BCUT2D eigenvalue weighted by molar-refractivity contribution is -0.137. The summed E-state index contributed by atoms with van der Waals surface area (Å²) >= 11 is 0. The molecule has 0 spiro atoms. The SMILES string of the molecule is CC(C)C(NC(=O)c1c(F)cccc1F)C(=O)N1CCN(CC(=O)N2CCCCC2)CC1. The van der Waals surface area contributed by atoms with Gasteiger partial charge in [-0.3, -0.25) is 19.3 Å². The van der Waals surface area contributed by atoms with Crippen molar-refractivity contribution < 1.29 is 23.2 Å². The largest absolute Gasteiger partial charge is 0.342 e. The second-order valence-corrected chi connectivity index (χ2v) is 8.83. The maximum atomic E-state index is 14.0. The van der Waals surface area contributed by atoms with E-state index in [2.05, 4.69) is 5.32 Å². The van der Waals surface area contributed by atoms with E-state index in [-0.39, 0.29) is 17.7 Å². The third-order valence-electron chi connectivity index (χ3n) is 6.16. The first-order chi connectivity index (χ1) is 15.3. The summed E-state index contributed by atoms with van der Waals surface area (Å²) < 4.78 is 27.9. The van der Waals surface area contributed by atoms with Gasteiger partial charge >= 0.3 is 0 Å². The molecule has 9 heteroatoms. The maximum absolute atomic E-state index is 14.0. The van der Waals surface area contributed by atoms with Gasteiger partial charge in [-0.1, -0.05) is 19.9 Å². The third kappa shape index (κ3) is 5.82. The zero-order chi connectivity index (χ0) is 23.3. The number of piperidine rings is 1. The first-order valence-corrected chi connectivity index (χ1v) is 11.3. The smallest absolute Gasteiger partial charge is 0.257 e. The quantitative estimate of drug-likeness (QED) is 0.718. The average molecular weight is 451 g/mol. The van der Waals surface area contributed by atoms with E-state index in [4.69, 9.17) is 0 Å². The van der Waals surface area contributed by atoms with Crippen LogP contribution < -0.4 is 5.32 Å². The zero-order valence-corrected chi connectivity index (χ0v) is 18.8. The minimum atomic E-state index is -0.968. The Morgan fingerprint density at radius 1 is 0.906 bits per heavy atom. The highest BCUT2D eigenvalue weighted by Crippen LogP contribution is 2.15. The van der Waals surface area contributed by atoms with Crippen LogP contribution >= 0.6 is 0 Å². The summed E-state index contributed by atoms with van der Waals surface area (Å²) in [6, 6.07) is 2.30. The summed E-state index contributed by atoms with van der Waals surface area (Å²) in [6.07, 6.45) is 3.27. The summed E-state index contributed by atoms with van der Waals surface area (Å²) in [5.74, 6) is -3.30. The van der Waals surface area contributed by atoms with Crippen molar-refractivity contribution in [2.24, 2.45) is 5.92 Å². The summed E-state index contributed by atoms with van der Waals surface area (Å²) in [4.78, 5) is 43.7. The van der Waals surface area contributed by atoms with Gasteiger partial charge in [-0.25, -0.2) is 8.78 Å². The second-order valence-electron chi connectivity index (χ2n) is 8.83. The molecule has 0 saturated carbocycles. The van der Waals surface area contributed by atoms with E-state index in [9.17, 15) is 23.2 Å². The summed E-state index contributed by atoms with van der Waals surface area (Å²) in [5, 5.41) is 2.51. The van der Waals surface area contributed by atoms with E-state index in [1.165, 1.54) is 12.5 Å². The molecule has 1 aromatic carbocycles. The number of nitrogens with one attached hydrogen (secondary N) is 1. The maximum Gasteiger partial charge on any atom is 0.257 e. The predicted molar refractivity (Wildman–Crippen MR) is 116 cm³/mol. The van der Waals surface area contributed by atoms with Gasteiger partial charge in [-0.2, -0.15) is 0 Å². The van der Waals surface area contributed by atoms with Crippen molar-refractivity contribution in [1.29, 1.82) is 0 Å². The lowest BCUT2D eigenvalue weighted by Gasteiger charge is -2.38. The Hall–Kier alpha value is -2.55. The van der Waals surface area contributed by atoms with Gasteiger partial charge in [0.2, 0.25) is 11.8 Å². The second kappa shape index (κ2) is 10.8. The van der Waals surface area contributed by atoms with Crippen molar-refractivity contribution in [2.75, 3.05) is 45.8 Å². The van der Waals surface area contributed by atoms with Crippen molar-refractivity contribution in [3.8, 4) is 0 Å². The van der Waals surface area contributed by atoms with Gasteiger partial charge < -0.3 is 15.1 Å². The number of nitrogens with zero attached hydrogens (tertiary/aromatic N) is 3. The van der Waals surface area contributed by atoms with Crippen molar-refractivity contribution >= 4 is 17.7 Å². The highest BCUT2D eigenvalue weighted by Gasteiger charge is 2.32. The Labute approximate surface area is 187 Å². The molecule has 1 atom stereocenters. The number of hydrogen-bond donors (Lipinski definition) is 1. The van der Waals surface area contributed by atoms with Gasteiger partial charge in [0.05, 0.1) is 6.54 Å². The first kappa shape index (κ1) is 24.1. The zero-order valence-electron chi connectivity index (χ0n) is 18.8. The number of rotatable bonds is 6. The number of halogens is 2. The van der Waals surface area contributed by atoms with Crippen LogP contribution in [0.1, 0.15) is 43.5 Å². The van der Waals surface area contributed by atoms with E-state index in [1.807, 2.05) is 9.80 Å². The Balaban J connectivity index is 1.55. The summed E-state index contributed by atoms with van der Waals surface area (Å²) in [7, 11) is 0. The molecule has 3 rings (SSSR count). The normalized spacial score (nSPS) is 18.5.